The van der Waals surface area contributed by atoms with E-state index in [1.807, 2.05) is 26.8 Å². The summed E-state index contributed by atoms with van der Waals surface area (Å²) in [6, 6.07) is 4.81. The monoisotopic (exact) mass is 260 g/mol. The Kier molecular flexibility index (Phi) is 3.94. The molecule has 0 aliphatic carbocycles. The third-order valence-electron chi connectivity index (χ3n) is 2.61. The van der Waals surface area contributed by atoms with E-state index >= 15 is 0 Å². The fourth-order valence-electron chi connectivity index (χ4n) is 1.76. The Balaban J connectivity index is 2.28. The quantitative estimate of drug-likeness (QED) is 0.884. The fourth-order valence-corrected chi connectivity index (χ4v) is 1.76. The van der Waals surface area contributed by atoms with Crippen LogP contribution in [0.4, 0.5) is 21.8 Å². The second-order valence-electron chi connectivity index (χ2n) is 4.40. The lowest BCUT2D eigenvalue weighted by molar-refractivity contribution is 0.627. The molecule has 0 unspecified atom stereocenters. The van der Waals surface area contributed by atoms with E-state index in [0.717, 1.165) is 17.7 Å². The van der Waals surface area contributed by atoms with Gasteiger partial charge >= 0.3 is 0 Å². The second kappa shape index (κ2) is 5.65. The van der Waals surface area contributed by atoms with Crippen molar-refractivity contribution in [2.75, 3.05) is 17.2 Å². The zero-order valence-corrected chi connectivity index (χ0v) is 11.3. The van der Waals surface area contributed by atoms with Crippen LogP contribution >= 0.6 is 0 Å². The molecule has 0 spiro atoms. The number of aromatic nitrogens is 2. The highest BCUT2D eigenvalue weighted by Gasteiger charge is 2.05. The molecule has 0 bridgehead atoms. The van der Waals surface area contributed by atoms with E-state index in [1.165, 1.54) is 12.1 Å². The molecular formula is C14H17FN4. The van der Waals surface area contributed by atoms with Crippen LogP contribution < -0.4 is 10.6 Å². The standard InChI is InChI=1S/C14H17FN4/c1-4-16-14-17-8-10(3)13(19-14)18-12-6-9(2)5-11(15)7-12/h5-8H,4H2,1-3H3,(H2,16,17,18,19). The lowest BCUT2D eigenvalue weighted by atomic mass is 10.2. The molecule has 0 amide bonds. The van der Waals surface area contributed by atoms with E-state index in [4.69, 9.17) is 0 Å². The highest BCUT2D eigenvalue weighted by molar-refractivity contribution is 5.60. The predicted molar refractivity (Wildman–Crippen MR) is 75.4 cm³/mol. The summed E-state index contributed by atoms with van der Waals surface area (Å²) in [5, 5.41) is 6.17. The minimum Gasteiger partial charge on any atom is -0.354 e. The molecule has 0 aliphatic rings. The lowest BCUT2D eigenvalue weighted by Gasteiger charge is -2.11. The molecule has 4 nitrogen and oxygen atoms in total. The Morgan fingerprint density at radius 1 is 1.21 bits per heavy atom. The van der Waals surface area contributed by atoms with Crippen molar-refractivity contribution >= 4 is 17.5 Å². The number of nitrogens with one attached hydrogen (secondary N) is 2. The number of aryl methyl sites for hydroxylation is 2. The largest absolute Gasteiger partial charge is 0.354 e. The maximum absolute atomic E-state index is 13.3. The minimum atomic E-state index is -0.263. The molecule has 1 heterocycles. The van der Waals surface area contributed by atoms with Crippen molar-refractivity contribution in [3.05, 3.63) is 41.3 Å². The molecule has 0 radical (unpaired) electrons. The minimum absolute atomic E-state index is 0.263. The van der Waals surface area contributed by atoms with Crippen LogP contribution in [0.15, 0.2) is 24.4 Å². The van der Waals surface area contributed by atoms with Gasteiger partial charge in [0, 0.05) is 24.0 Å². The Labute approximate surface area is 112 Å². The third kappa shape index (κ3) is 3.40. The van der Waals surface area contributed by atoms with E-state index in [-0.39, 0.29) is 5.82 Å². The first kappa shape index (κ1) is 13.3. The summed E-state index contributed by atoms with van der Waals surface area (Å²) < 4.78 is 13.3. The Bertz CT molecular complexity index is 563. The lowest BCUT2D eigenvalue weighted by Crippen LogP contribution is -2.05. The molecule has 2 aromatic rings. The van der Waals surface area contributed by atoms with Crippen LogP contribution in [-0.2, 0) is 0 Å². The molecule has 0 atom stereocenters. The number of anilines is 3. The van der Waals surface area contributed by atoms with Crippen molar-refractivity contribution in [3.8, 4) is 0 Å². The fraction of sp³-hybridized carbons (Fsp3) is 0.286. The number of nitrogens with zero attached hydrogens (tertiary/aromatic N) is 2. The molecule has 100 valence electrons. The molecule has 1 aromatic heterocycles. The molecule has 0 fully saturated rings. The van der Waals surface area contributed by atoms with Crippen LogP contribution in [-0.4, -0.2) is 16.5 Å². The van der Waals surface area contributed by atoms with Gasteiger partial charge in [0.25, 0.3) is 0 Å². The summed E-state index contributed by atoms with van der Waals surface area (Å²) in [5.74, 6) is 0.973. The van der Waals surface area contributed by atoms with Gasteiger partial charge in [0.05, 0.1) is 0 Å². The van der Waals surface area contributed by atoms with Crippen molar-refractivity contribution in [2.24, 2.45) is 0 Å². The first-order valence-corrected chi connectivity index (χ1v) is 6.20. The van der Waals surface area contributed by atoms with Gasteiger partial charge in [0.1, 0.15) is 11.6 Å². The third-order valence-corrected chi connectivity index (χ3v) is 2.61. The SMILES string of the molecule is CCNc1ncc(C)c(Nc2cc(C)cc(F)c2)n1. The van der Waals surface area contributed by atoms with Gasteiger partial charge in [-0.1, -0.05) is 0 Å². The van der Waals surface area contributed by atoms with E-state index in [1.54, 1.807) is 6.20 Å². The van der Waals surface area contributed by atoms with Crippen molar-refractivity contribution in [2.45, 2.75) is 20.8 Å². The first-order chi connectivity index (χ1) is 9.08. The van der Waals surface area contributed by atoms with Crippen molar-refractivity contribution in [1.29, 1.82) is 0 Å². The Morgan fingerprint density at radius 2 is 2.00 bits per heavy atom. The Morgan fingerprint density at radius 3 is 2.68 bits per heavy atom. The van der Waals surface area contributed by atoms with Gasteiger partial charge in [-0.3, -0.25) is 0 Å². The van der Waals surface area contributed by atoms with Crippen LogP contribution in [0.25, 0.3) is 0 Å². The molecule has 2 N–H and O–H groups in total. The smallest absolute Gasteiger partial charge is 0.224 e. The summed E-state index contributed by atoms with van der Waals surface area (Å²) in [4.78, 5) is 8.53. The number of benzene rings is 1. The average Bonchev–Trinajstić information content (AvgIpc) is 2.32. The van der Waals surface area contributed by atoms with Gasteiger partial charge in [-0.05, 0) is 44.5 Å². The normalized spacial score (nSPS) is 10.3. The number of hydrogen-bond donors (Lipinski definition) is 2. The van der Waals surface area contributed by atoms with E-state index in [9.17, 15) is 4.39 Å². The average molecular weight is 260 g/mol. The van der Waals surface area contributed by atoms with Gasteiger partial charge < -0.3 is 10.6 Å². The van der Waals surface area contributed by atoms with Crippen LogP contribution in [0.5, 0.6) is 0 Å². The molecule has 1 aromatic carbocycles. The highest BCUT2D eigenvalue weighted by atomic mass is 19.1. The molecule has 0 saturated heterocycles. The van der Waals surface area contributed by atoms with E-state index in [2.05, 4.69) is 20.6 Å². The van der Waals surface area contributed by atoms with Gasteiger partial charge in [-0.2, -0.15) is 4.98 Å². The van der Waals surface area contributed by atoms with Crippen LogP contribution in [0.1, 0.15) is 18.1 Å². The van der Waals surface area contributed by atoms with Crippen LogP contribution in [0.2, 0.25) is 0 Å². The molecule has 0 saturated carbocycles. The zero-order valence-electron chi connectivity index (χ0n) is 11.3. The zero-order chi connectivity index (χ0) is 13.8. The molecule has 0 aliphatic heterocycles. The summed E-state index contributed by atoms with van der Waals surface area (Å²) in [7, 11) is 0. The second-order valence-corrected chi connectivity index (χ2v) is 4.40. The number of halogens is 1. The van der Waals surface area contributed by atoms with Crippen molar-refractivity contribution < 1.29 is 4.39 Å². The van der Waals surface area contributed by atoms with Gasteiger partial charge in [-0.15, -0.1) is 0 Å². The molecule has 2 rings (SSSR count). The summed E-state index contributed by atoms with van der Waals surface area (Å²) >= 11 is 0. The Hall–Kier alpha value is -2.17. The maximum atomic E-state index is 13.3. The summed E-state index contributed by atoms with van der Waals surface area (Å²) in [6.07, 6.45) is 1.74. The summed E-state index contributed by atoms with van der Waals surface area (Å²) in [6.45, 7) is 6.49. The number of hydrogen-bond acceptors (Lipinski definition) is 4. The molecular weight excluding hydrogens is 243 g/mol. The molecule has 19 heavy (non-hydrogen) atoms. The maximum Gasteiger partial charge on any atom is 0.224 e. The van der Waals surface area contributed by atoms with Crippen LogP contribution in [0, 0.1) is 19.7 Å². The highest BCUT2D eigenvalue weighted by Crippen LogP contribution is 2.21. The van der Waals surface area contributed by atoms with Gasteiger partial charge in [-0.25, -0.2) is 9.37 Å². The van der Waals surface area contributed by atoms with Crippen molar-refractivity contribution in [1.82, 2.24) is 9.97 Å². The van der Waals surface area contributed by atoms with E-state index in [0.29, 0.717) is 17.5 Å². The summed E-state index contributed by atoms with van der Waals surface area (Å²) in [5.41, 5.74) is 2.45. The topological polar surface area (TPSA) is 49.8 Å². The molecule has 5 heteroatoms. The van der Waals surface area contributed by atoms with Crippen molar-refractivity contribution in [3.63, 3.8) is 0 Å². The number of rotatable bonds is 4. The predicted octanol–water partition coefficient (Wildman–Crippen LogP) is 3.41. The van der Waals surface area contributed by atoms with E-state index < -0.39 is 0 Å². The first-order valence-electron chi connectivity index (χ1n) is 6.20. The van der Waals surface area contributed by atoms with Gasteiger partial charge in [0.2, 0.25) is 5.95 Å². The van der Waals surface area contributed by atoms with Crippen LogP contribution in [0.3, 0.4) is 0 Å². The van der Waals surface area contributed by atoms with Gasteiger partial charge in [0.15, 0.2) is 0 Å².